The van der Waals surface area contributed by atoms with E-state index in [1.165, 1.54) is 23.5 Å². The number of amides is 1. The van der Waals surface area contributed by atoms with Crippen LogP contribution in [-0.4, -0.2) is 45.3 Å². The fourth-order valence-corrected chi connectivity index (χ4v) is 7.07. The maximum absolute atomic E-state index is 13.7. The first-order valence-electron chi connectivity index (χ1n) is 13.8. The van der Waals surface area contributed by atoms with Crippen LogP contribution in [0.2, 0.25) is 0 Å². The smallest absolute Gasteiger partial charge is 0.335 e. The first kappa shape index (κ1) is 30.8. The Hall–Kier alpha value is -4.67. The summed E-state index contributed by atoms with van der Waals surface area (Å²) in [5, 5.41) is 31.1. The van der Waals surface area contributed by atoms with Gasteiger partial charge in [0, 0.05) is 23.4 Å². The zero-order valence-electron chi connectivity index (χ0n) is 24.3. The number of nitrogens with zero attached hydrogens (tertiary/aromatic N) is 4. The molecule has 13 heteroatoms. The van der Waals surface area contributed by atoms with Crippen LogP contribution in [0.15, 0.2) is 75.5 Å². The van der Waals surface area contributed by atoms with Gasteiger partial charge in [-0.3, -0.25) is 14.5 Å². The van der Waals surface area contributed by atoms with Crippen molar-refractivity contribution in [2.24, 2.45) is 11.1 Å². The van der Waals surface area contributed by atoms with Gasteiger partial charge in [-0.15, -0.1) is 10.2 Å². The summed E-state index contributed by atoms with van der Waals surface area (Å²) in [6.45, 7) is 6.45. The second-order valence-electron chi connectivity index (χ2n) is 11.1. The molecule has 1 atom stereocenters. The number of aromatic carboxylic acids is 1. The van der Waals surface area contributed by atoms with Gasteiger partial charge in [-0.05, 0) is 54.7 Å². The molecule has 2 aromatic carbocycles. The summed E-state index contributed by atoms with van der Waals surface area (Å²) in [4.78, 5) is 39.2. The van der Waals surface area contributed by atoms with Crippen molar-refractivity contribution in [1.29, 1.82) is 5.26 Å². The second kappa shape index (κ2) is 12.5. The van der Waals surface area contributed by atoms with Crippen molar-refractivity contribution in [3.05, 3.63) is 82.3 Å². The summed E-state index contributed by atoms with van der Waals surface area (Å²) in [6, 6.07) is 15.6. The number of allylic oxidation sites excluding steroid dienone is 3. The van der Waals surface area contributed by atoms with Gasteiger partial charge < -0.3 is 20.9 Å². The Kier molecular flexibility index (Phi) is 8.75. The van der Waals surface area contributed by atoms with Crippen molar-refractivity contribution in [2.75, 3.05) is 22.6 Å². The number of hydrogen-bond donors (Lipinski definition) is 3. The van der Waals surface area contributed by atoms with Gasteiger partial charge in [-0.1, -0.05) is 55.1 Å². The molecule has 1 aliphatic carbocycles. The predicted molar refractivity (Wildman–Crippen MR) is 167 cm³/mol. The lowest BCUT2D eigenvalue weighted by Crippen LogP contribution is -2.42. The Balaban J connectivity index is 1.43. The van der Waals surface area contributed by atoms with Gasteiger partial charge in [0.1, 0.15) is 11.6 Å². The summed E-state index contributed by atoms with van der Waals surface area (Å²) < 4.78 is 6.07. The molecule has 11 nitrogen and oxygen atoms in total. The number of carboxylic acids is 1. The second-order valence-corrected chi connectivity index (χ2v) is 13.2. The Morgan fingerprint density at radius 3 is 2.66 bits per heavy atom. The van der Waals surface area contributed by atoms with Crippen molar-refractivity contribution in [3.8, 4) is 11.8 Å². The monoisotopic (exact) mass is 630 g/mol. The molecule has 2 heterocycles. The average molecular weight is 631 g/mol. The molecular formula is C31H30N6O5S2. The molecule has 1 aromatic heterocycles. The number of aromatic nitrogens is 2. The fourth-order valence-electron chi connectivity index (χ4n) is 5.39. The third kappa shape index (κ3) is 6.31. The Labute approximate surface area is 262 Å². The number of benzene rings is 2. The molecule has 5 rings (SSSR count). The summed E-state index contributed by atoms with van der Waals surface area (Å²) >= 11 is 2.35. The molecule has 0 saturated carbocycles. The Morgan fingerprint density at radius 2 is 1.98 bits per heavy atom. The Bertz CT molecular complexity index is 1740. The van der Waals surface area contributed by atoms with E-state index in [1.54, 1.807) is 17.0 Å². The molecule has 0 radical (unpaired) electrons. The third-order valence-corrected chi connectivity index (χ3v) is 9.25. The van der Waals surface area contributed by atoms with E-state index in [2.05, 4.69) is 21.6 Å². The van der Waals surface area contributed by atoms with Crippen LogP contribution >= 0.6 is 23.1 Å². The lowest BCUT2D eigenvalue weighted by molar-refractivity contribution is -0.118. The highest BCUT2D eigenvalue weighted by molar-refractivity contribution is 8.01. The molecule has 1 amide bonds. The van der Waals surface area contributed by atoms with Crippen molar-refractivity contribution in [1.82, 2.24) is 10.2 Å². The highest BCUT2D eigenvalue weighted by Crippen LogP contribution is 2.50. The molecule has 3 aromatic rings. The molecule has 226 valence electrons. The predicted octanol–water partition coefficient (Wildman–Crippen LogP) is 5.31. The van der Waals surface area contributed by atoms with Crippen LogP contribution in [-0.2, 0) is 9.59 Å². The summed E-state index contributed by atoms with van der Waals surface area (Å²) in [5.74, 6) is -1.25. The molecule has 2 aliphatic rings. The van der Waals surface area contributed by atoms with Crippen molar-refractivity contribution in [3.63, 3.8) is 0 Å². The van der Waals surface area contributed by atoms with E-state index in [0.29, 0.717) is 51.6 Å². The molecule has 0 bridgehead atoms. The molecule has 0 saturated heterocycles. The van der Waals surface area contributed by atoms with E-state index in [-0.39, 0.29) is 39.8 Å². The zero-order chi connectivity index (χ0) is 31.6. The normalized spacial score (nSPS) is 17.6. The van der Waals surface area contributed by atoms with E-state index in [0.717, 1.165) is 17.3 Å². The third-order valence-electron chi connectivity index (χ3n) is 7.21. The number of carboxylic acid groups (broad SMARTS) is 1. The van der Waals surface area contributed by atoms with Crippen LogP contribution in [0.4, 0.5) is 10.8 Å². The minimum atomic E-state index is -1.09. The number of nitriles is 1. The van der Waals surface area contributed by atoms with Crippen molar-refractivity contribution < 1.29 is 24.2 Å². The number of ketones is 1. The minimum Gasteiger partial charge on any atom is -0.494 e. The number of anilines is 2. The Morgan fingerprint density at radius 1 is 1.23 bits per heavy atom. The number of rotatable bonds is 9. The largest absolute Gasteiger partial charge is 0.494 e. The number of hydrogen-bond acceptors (Lipinski definition) is 11. The number of nitrogens with one attached hydrogen (secondary N) is 1. The van der Waals surface area contributed by atoms with Gasteiger partial charge in [0.2, 0.25) is 11.0 Å². The molecular weight excluding hydrogens is 601 g/mol. The van der Waals surface area contributed by atoms with E-state index in [1.807, 2.05) is 45.0 Å². The van der Waals surface area contributed by atoms with Crippen LogP contribution in [0.5, 0.6) is 5.75 Å². The lowest BCUT2D eigenvalue weighted by atomic mass is 9.68. The van der Waals surface area contributed by atoms with Gasteiger partial charge in [0.05, 0.1) is 35.5 Å². The lowest BCUT2D eigenvalue weighted by Gasteiger charge is -2.42. The van der Waals surface area contributed by atoms with Crippen LogP contribution in [0.1, 0.15) is 55.5 Å². The van der Waals surface area contributed by atoms with E-state index in [4.69, 9.17) is 10.5 Å². The maximum Gasteiger partial charge on any atom is 0.335 e. The number of carbonyl (C=O) groups is 3. The van der Waals surface area contributed by atoms with Crippen LogP contribution in [0.3, 0.4) is 0 Å². The molecule has 1 aliphatic heterocycles. The van der Waals surface area contributed by atoms with Gasteiger partial charge in [-0.25, -0.2) is 4.79 Å². The fraction of sp³-hybridized carbons (Fsp3) is 0.290. The highest BCUT2D eigenvalue weighted by Gasteiger charge is 2.45. The number of Topliss-reactive ketones (excluding diaryl/α,β-unsaturated/α-hetero) is 1. The summed E-state index contributed by atoms with van der Waals surface area (Å²) in [7, 11) is 0. The maximum atomic E-state index is 13.7. The number of thioether (sulfide) groups is 1. The highest BCUT2D eigenvalue weighted by atomic mass is 32.2. The first-order valence-corrected chi connectivity index (χ1v) is 15.6. The van der Waals surface area contributed by atoms with Gasteiger partial charge in [0.25, 0.3) is 0 Å². The number of ether oxygens (including phenoxy) is 1. The van der Waals surface area contributed by atoms with Crippen molar-refractivity contribution in [2.45, 2.75) is 43.9 Å². The van der Waals surface area contributed by atoms with Crippen molar-refractivity contribution >= 4 is 51.6 Å². The standard InChI is InChI=1S/C31H30N6O5S2/c1-4-42-20-10-8-17(9-11-20)25-21(15-32)27(33)37(22-13-31(2,3)14-23(38)26(22)25)29-35-36-30(44-29)43-16-24(39)34-19-7-5-6-18(12-19)28(40)41/h5-12,25H,4,13-14,16,33H2,1-3H3,(H,34,39)(H,40,41). The van der Waals surface area contributed by atoms with Gasteiger partial charge in [0.15, 0.2) is 10.1 Å². The molecule has 0 fully saturated rings. The average Bonchev–Trinajstić information content (AvgIpc) is 3.44. The summed E-state index contributed by atoms with van der Waals surface area (Å²) in [5.41, 5.74) is 9.01. The topological polar surface area (TPSA) is 172 Å². The molecule has 4 N–H and O–H groups in total. The number of carbonyl (C=O) groups excluding carboxylic acids is 2. The molecule has 44 heavy (non-hydrogen) atoms. The molecule has 1 unspecified atom stereocenters. The van der Waals surface area contributed by atoms with Gasteiger partial charge >= 0.3 is 5.97 Å². The van der Waals surface area contributed by atoms with Crippen LogP contribution in [0, 0.1) is 16.7 Å². The molecule has 0 spiro atoms. The zero-order valence-corrected chi connectivity index (χ0v) is 25.9. The van der Waals surface area contributed by atoms with E-state index < -0.39 is 11.9 Å². The SMILES string of the molecule is CCOc1ccc(C2C(C#N)=C(N)N(c3nnc(SCC(=O)Nc4cccc(C(=O)O)c4)s3)C3=C2C(=O)CC(C)(C)C3)cc1. The van der Waals surface area contributed by atoms with Crippen LogP contribution < -0.4 is 20.7 Å². The van der Waals surface area contributed by atoms with E-state index in [9.17, 15) is 24.8 Å². The van der Waals surface area contributed by atoms with Crippen LogP contribution in [0.25, 0.3) is 0 Å². The van der Waals surface area contributed by atoms with Gasteiger partial charge in [-0.2, -0.15) is 5.26 Å². The van der Waals surface area contributed by atoms with E-state index >= 15 is 0 Å². The summed E-state index contributed by atoms with van der Waals surface area (Å²) in [6.07, 6.45) is 0.856. The number of nitrogens with two attached hydrogens (primary N) is 1. The minimum absolute atomic E-state index is 0.0000220. The first-order chi connectivity index (χ1) is 21.0. The quantitative estimate of drug-likeness (QED) is 0.262.